The molecule has 5 nitrogen and oxygen atoms in total. The quantitative estimate of drug-likeness (QED) is 0.329. The Hall–Kier alpha value is -2.04. The third kappa shape index (κ3) is 3.23. The van der Waals surface area contributed by atoms with Gasteiger partial charge in [0, 0.05) is 5.69 Å². The summed E-state index contributed by atoms with van der Waals surface area (Å²) in [6, 6.07) is 5.75. The average Bonchev–Trinajstić information content (AvgIpc) is 2.37. The van der Waals surface area contributed by atoms with Crippen molar-refractivity contribution in [1.82, 2.24) is 0 Å². The molecule has 0 aliphatic rings. The summed E-state index contributed by atoms with van der Waals surface area (Å²) in [4.78, 5) is 11.8. The first-order chi connectivity index (χ1) is 8.49. The van der Waals surface area contributed by atoms with Crippen LogP contribution in [0.5, 0.6) is 0 Å². The molecule has 0 bridgehead atoms. The number of nitrogens with one attached hydrogen (secondary N) is 1. The zero-order chi connectivity index (χ0) is 13.7. The van der Waals surface area contributed by atoms with Crippen molar-refractivity contribution < 1.29 is 10.0 Å². The van der Waals surface area contributed by atoms with Gasteiger partial charge in [-0.05, 0) is 43.5 Å². The SMILES string of the molecule is CCc1ccc(NC(=O)C(C)/C(N)=N/O)cc1C. The Labute approximate surface area is 107 Å². The van der Waals surface area contributed by atoms with E-state index >= 15 is 0 Å². The topological polar surface area (TPSA) is 87.7 Å². The second-order valence-corrected chi connectivity index (χ2v) is 4.23. The lowest BCUT2D eigenvalue weighted by Gasteiger charge is -2.12. The van der Waals surface area contributed by atoms with E-state index in [0.29, 0.717) is 5.69 Å². The number of hydrogen-bond donors (Lipinski definition) is 3. The predicted molar refractivity (Wildman–Crippen MR) is 71.8 cm³/mol. The van der Waals surface area contributed by atoms with Crippen LogP contribution in [-0.4, -0.2) is 17.0 Å². The molecule has 0 aliphatic carbocycles. The van der Waals surface area contributed by atoms with E-state index in [1.165, 1.54) is 5.56 Å². The van der Waals surface area contributed by atoms with E-state index in [0.717, 1.165) is 12.0 Å². The van der Waals surface area contributed by atoms with Gasteiger partial charge in [-0.25, -0.2) is 0 Å². The van der Waals surface area contributed by atoms with Crippen LogP contribution in [0.3, 0.4) is 0 Å². The highest BCUT2D eigenvalue weighted by molar-refractivity contribution is 6.07. The molecule has 1 aromatic rings. The maximum absolute atomic E-state index is 11.8. The maximum Gasteiger partial charge on any atom is 0.234 e. The van der Waals surface area contributed by atoms with Gasteiger partial charge < -0.3 is 16.3 Å². The summed E-state index contributed by atoms with van der Waals surface area (Å²) in [6.45, 7) is 5.67. The number of rotatable bonds is 4. The van der Waals surface area contributed by atoms with Gasteiger partial charge in [-0.2, -0.15) is 0 Å². The predicted octanol–water partition coefficient (Wildman–Crippen LogP) is 1.88. The van der Waals surface area contributed by atoms with Crippen molar-refractivity contribution in [3.8, 4) is 0 Å². The van der Waals surface area contributed by atoms with Crippen LogP contribution in [0.4, 0.5) is 5.69 Å². The monoisotopic (exact) mass is 249 g/mol. The van der Waals surface area contributed by atoms with Crippen LogP contribution >= 0.6 is 0 Å². The number of nitrogens with zero attached hydrogens (tertiary/aromatic N) is 1. The fourth-order valence-electron chi connectivity index (χ4n) is 1.64. The molecule has 0 aliphatic heterocycles. The molecule has 1 rings (SSSR count). The molecule has 1 atom stereocenters. The van der Waals surface area contributed by atoms with E-state index in [9.17, 15) is 4.79 Å². The molecular formula is C13H19N3O2. The second kappa shape index (κ2) is 6.05. The van der Waals surface area contributed by atoms with E-state index in [4.69, 9.17) is 10.9 Å². The largest absolute Gasteiger partial charge is 0.409 e. The van der Waals surface area contributed by atoms with Gasteiger partial charge in [0.15, 0.2) is 5.84 Å². The van der Waals surface area contributed by atoms with Crippen LogP contribution in [0.15, 0.2) is 23.4 Å². The molecule has 0 spiro atoms. The van der Waals surface area contributed by atoms with Crippen LogP contribution in [-0.2, 0) is 11.2 Å². The molecule has 0 aromatic heterocycles. The number of aryl methyl sites for hydroxylation is 2. The summed E-state index contributed by atoms with van der Waals surface area (Å²) in [5.74, 6) is -1.07. The molecule has 0 saturated heterocycles. The molecule has 0 saturated carbocycles. The van der Waals surface area contributed by atoms with Crippen molar-refractivity contribution in [1.29, 1.82) is 0 Å². The van der Waals surface area contributed by atoms with Crippen molar-refractivity contribution in [3.63, 3.8) is 0 Å². The summed E-state index contributed by atoms with van der Waals surface area (Å²) in [5, 5.41) is 14.1. The number of amides is 1. The van der Waals surface area contributed by atoms with Gasteiger partial charge in [-0.3, -0.25) is 4.79 Å². The molecular weight excluding hydrogens is 230 g/mol. The van der Waals surface area contributed by atoms with E-state index in [1.54, 1.807) is 6.92 Å². The molecule has 1 amide bonds. The number of amidine groups is 1. The second-order valence-electron chi connectivity index (χ2n) is 4.23. The zero-order valence-electron chi connectivity index (χ0n) is 10.9. The fraction of sp³-hybridized carbons (Fsp3) is 0.385. The summed E-state index contributed by atoms with van der Waals surface area (Å²) in [6.07, 6.45) is 0.959. The number of carbonyl (C=O) groups excluding carboxylic acids is 1. The highest BCUT2D eigenvalue weighted by Gasteiger charge is 2.17. The lowest BCUT2D eigenvalue weighted by atomic mass is 10.1. The van der Waals surface area contributed by atoms with E-state index in [2.05, 4.69) is 17.4 Å². The number of benzene rings is 1. The Morgan fingerprint density at radius 3 is 2.72 bits per heavy atom. The maximum atomic E-state index is 11.8. The molecule has 0 heterocycles. The van der Waals surface area contributed by atoms with Crippen LogP contribution in [0, 0.1) is 12.8 Å². The van der Waals surface area contributed by atoms with Crippen molar-refractivity contribution in [2.75, 3.05) is 5.32 Å². The summed E-state index contributed by atoms with van der Waals surface area (Å²) >= 11 is 0. The van der Waals surface area contributed by atoms with E-state index < -0.39 is 5.92 Å². The molecule has 0 fully saturated rings. The molecule has 18 heavy (non-hydrogen) atoms. The number of anilines is 1. The summed E-state index contributed by atoms with van der Waals surface area (Å²) in [5.41, 5.74) is 8.48. The van der Waals surface area contributed by atoms with Crippen molar-refractivity contribution in [2.45, 2.75) is 27.2 Å². The van der Waals surface area contributed by atoms with Gasteiger partial charge in [0.2, 0.25) is 5.91 Å². The van der Waals surface area contributed by atoms with Crippen LogP contribution in [0.25, 0.3) is 0 Å². The van der Waals surface area contributed by atoms with E-state index in [-0.39, 0.29) is 11.7 Å². The summed E-state index contributed by atoms with van der Waals surface area (Å²) < 4.78 is 0. The third-order valence-corrected chi connectivity index (χ3v) is 2.94. The first kappa shape index (κ1) is 14.0. The molecule has 0 radical (unpaired) electrons. The van der Waals surface area contributed by atoms with Crippen molar-refractivity contribution in [2.24, 2.45) is 16.8 Å². The lowest BCUT2D eigenvalue weighted by Crippen LogP contribution is -2.32. The van der Waals surface area contributed by atoms with Crippen LogP contribution in [0.2, 0.25) is 0 Å². The first-order valence-corrected chi connectivity index (χ1v) is 5.87. The molecule has 4 N–H and O–H groups in total. The Balaban J connectivity index is 2.79. The van der Waals surface area contributed by atoms with Gasteiger partial charge in [-0.1, -0.05) is 18.1 Å². The van der Waals surface area contributed by atoms with Crippen LogP contribution in [0.1, 0.15) is 25.0 Å². The molecule has 5 heteroatoms. The van der Waals surface area contributed by atoms with Gasteiger partial charge in [0.25, 0.3) is 0 Å². The Bertz CT molecular complexity index is 469. The third-order valence-electron chi connectivity index (χ3n) is 2.94. The van der Waals surface area contributed by atoms with E-state index in [1.807, 2.05) is 25.1 Å². The van der Waals surface area contributed by atoms with Gasteiger partial charge >= 0.3 is 0 Å². The number of nitrogens with two attached hydrogens (primary N) is 1. The Kier molecular flexibility index (Phi) is 4.71. The average molecular weight is 249 g/mol. The minimum atomic E-state index is -0.666. The van der Waals surface area contributed by atoms with Gasteiger partial charge in [0.1, 0.15) is 0 Å². The summed E-state index contributed by atoms with van der Waals surface area (Å²) in [7, 11) is 0. The van der Waals surface area contributed by atoms with Crippen LogP contribution < -0.4 is 11.1 Å². The fourth-order valence-corrected chi connectivity index (χ4v) is 1.64. The number of oxime groups is 1. The normalized spacial score (nSPS) is 13.2. The first-order valence-electron chi connectivity index (χ1n) is 5.87. The standard InChI is InChI=1S/C13H19N3O2/c1-4-10-5-6-11(7-8(10)2)15-13(17)9(3)12(14)16-18/h5-7,9,18H,4H2,1-3H3,(H2,14,16)(H,15,17). The number of carbonyl (C=O) groups is 1. The highest BCUT2D eigenvalue weighted by Crippen LogP contribution is 2.16. The zero-order valence-corrected chi connectivity index (χ0v) is 10.9. The Morgan fingerprint density at radius 1 is 1.56 bits per heavy atom. The van der Waals surface area contributed by atoms with Crippen molar-refractivity contribution in [3.05, 3.63) is 29.3 Å². The van der Waals surface area contributed by atoms with Gasteiger partial charge in [-0.15, -0.1) is 0 Å². The molecule has 1 aromatic carbocycles. The Morgan fingerprint density at radius 2 is 2.22 bits per heavy atom. The highest BCUT2D eigenvalue weighted by atomic mass is 16.4. The lowest BCUT2D eigenvalue weighted by molar-refractivity contribution is -0.117. The minimum Gasteiger partial charge on any atom is -0.409 e. The molecule has 1 unspecified atom stereocenters. The minimum absolute atomic E-state index is 0.102. The molecule has 98 valence electrons. The smallest absolute Gasteiger partial charge is 0.234 e. The number of hydrogen-bond acceptors (Lipinski definition) is 3. The van der Waals surface area contributed by atoms with Gasteiger partial charge in [0.05, 0.1) is 5.92 Å². The van der Waals surface area contributed by atoms with Crippen molar-refractivity contribution >= 4 is 17.4 Å².